The average molecular weight is 705 g/mol. The van der Waals surface area contributed by atoms with Gasteiger partial charge in [0, 0.05) is 11.1 Å². The smallest absolute Gasteiger partial charge is 0.166 e. The van der Waals surface area contributed by atoms with Gasteiger partial charge in [-0.2, -0.15) is 0 Å². The Labute approximate surface area is 307 Å². The summed E-state index contributed by atoms with van der Waals surface area (Å²) >= 11 is 0. The van der Waals surface area contributed by atoms with E-state index in [-0.39, 0.29) is 17.0 Å². The molecule has 2 saturated carbocycles. The highest BCUT2D eigenvalue weighted by molar-refractivity contribution is 5.71. The van der Waals surface area contributed by atoms with Crippen LogP contribution in [-0.2, 0) is 6.42 Å². The lowest BCUT2D eigenvalue weighted by atomic mass is 9.68. The Morgan fingerprint density at radius 2 is 0.922 bits per heavy atom. The zero-order valence-electron chi connectivity index (χ0n) is 31.7. The quantitative estimate of drug-likeness (QED) is 0.0861. The highest BCUT2D eigenvalue weighted by Gasteiger charge is 2.32. The SMILES string of the molecule is CCCCCCCCCCc1ccc(-c2ccc(-c3ccc(C4CCC(C5CCC(CCCCCCC)CC5)CC4)c(F)c3F)cc2)c(F)c1F. The molecule has 0 bridgehead atoms. The Bertz CT molecular complexity index is 1460. The van der Waals surface area contributed by atoms with E-state index in [2.05, 4.69) is 13.8 Å². The van der Waals surface area contributed by atoms with Crippen LogP contribution >= 0.6 is 0 Å². The first-order valence-electron chi connectivity index (χ1n) is 21.0. The molecule has 3 aromatic carbocycles. The molecule has 0 aliphatic heterocycles. The first-order chi connectivity index (χ1) is 24.9. The Morgan fingerprint density at radius 3 is 1.49 bits per heavy atom. The van der Waals surface area contributed by atoms with E-state index in [1.807, 2.05) is 0 Å². The molecular formula is C47H64F4. The molecule has 3 aromatic rings. The van der Waals surface area contributed by atoms with Crippen molar-refractivity contribution in [3.63, 3.8) is 0 Å². The van der Waals surface area contributed by atoms with Crippen LogP contribution in [0.2, 0.25) is 0 Å². The average Bonchev–Trinajstić information content (AvgIpc) is 3.16. The van der Waals surface area contributed by atoms with Gasteiger partial charge in [-0.1, -0.05) is 159 Å². The summed E-state index contributed by atoms with van der Waals surface area (Å²) in [5.41, 5.74) is 2.33. The predicted octanol–water partition coefficient (Wildman–Crippen LogP) is 15.7. The summed E-state index contributed by atoms with van der Waals surface area (Å²) in [6.07, 6.45) is 27.5. The molecule has 0 spiro atoms. The normalized spacial score (nSPS) is 20.9. The molecule has 0 nitrogen and oxygen atoms in total. The van der Waals surface area contributed by atoms with Gasteiger partial charge < -0.3 is 0 Å². The van der Waals surface area contributed by atoms with Crippen molar-refractivity contribution in [2.45, 2.75) is 167 Å². The van der Waals surface area contributed by atoms with Gasteiger partial charge in [-0.3, -0.25) is 0 Å². The number of unbranched alkanes of at least 4 members (excludes halogenated alkanes) is 11. The van der Waals surface area contributed by atoms with Crippen molar-refractivity contribution in [1.29, 1.82) is 0 Å². The van der Waals surface area contributed by atoms with Gasteiger partial charge in [0.1, 0.15) is 0 Å². The predicted molar refractivity (Wildman–Crippen MR) is 207 cm³/mol. The van der Waals surface area contributed by atoms with Crippen LogP contribution in [0.1, 0.15) is 172 Å². The Hall–Kier alpha value is -2.62. The molecule has 0 heterocycles. The highest BCUT2D eigenvalue weighted by atomic mass is 19.2. The van der Waals surface area contributed by atoms with Gasteiger partial charge in [0.05, 0.1) is 0 Å². The van der Waals surface area contributed by atoms with Crippen molar-refractivity contribution in [3.8, 4) is 22.3 Å². The van der Waals surface area contributed by atoms with Gasteiger partial charge >= 0.3 is 0 Å². The third-order valence-electron chi connectivity index (χ3n) is 12.6. The standard InChI is InChI=1S/C47H64F4/c1-3-5-7-9-10-11-13-15-17-40-30-31-41(45(49)44(40)48)38-26-28-39(29-27-38)43-33-32-42(46(50)47(43)51)37-24-22-36(23-25-37)35-20-18-34(19-21-35)16-14-12-8-6-4-2/h26-37H,3-25H2,1-2H3. The van der Waals surface area contributed by atoms with Crippen LogP contribution in [0.4, 0.5) is 17.6 Å². The summed E-state index contributed by atoms with van der Waals surface area (Å²) in [6.45, 7) is 4.48. The van der Waals surface area contributed by atoms with E-state index in [1.165, 1.54) is 96.3 Å². The van der Waals surface area contributed by atoms with Crippen LogP contribution in [-0.4, -0.2) is 0 Å². The first kappa shape index (κ1) is 39.6. The fourth-order valence-electron chi connectivity index (χ4n) is 9.27. The molecule has 51 heavy (non-hydrogen) atoms. The van der Waals surface area contributed by atoms with Crippen LogP contribution in [0.25, 0.3) is 22.3 Å². The van der Waals surface area contributed by atoms with E-state index in [0.29, 0.717) is 28.7 Å². The Morgan fingerprint density at radius 1 is 0.451 bits per heavy atom. The van der Waals surface area contributed by atoms with Crippen LogP contribution in [0.15, 0.2) is 48.5 Å². The van der Waals surface area contributed by atoms with Crippen LogP contribution in [0, 0.1) is 41.0 Å². The second kappa shape index (κ2) is 20.6. The van der Waals surface area contributed by atoms with Crippen LogP contribution in [0.3, 0.4) is 0 Å². The van der Waals surface area contributed by atoms with Gasteiger partial charge in [0.2, 0.25) is 0 Å². The van der Waals surface area contributed by atoms with E-state index in [9.17, 15) is 0 Å². The number of benzene rings is 3. The second-order valence-electron chi connectivity index (χ2n) is 16.1. The molecule has 2 aliphatic carbocycles. The molecule has 0 aromatic heterocycles. The van der Waals surface area contributed by atoms with Gasteiger partial charge in [0.25, 0.3) is 0 Å². The number of hydrogen-bond acceptors (Lipinski definition) is 0. The maximum Gasteiger partial charge on any atom is 0.166 e. The van der Waals surface area contributed by atoms with Gasteiger partial charge in [-0.25, -0.2) is 17.6 Å². The van der Waals surface area contributed by atoms with Crippen LogP contribution < -0.4 is 0 Å². The molecule has 2 aliphatic rings. The summed E-state index contributed by atoms with van der Waals surface area (Å²) in [5, 5.41) is 0. The van der Waals surface area contributed by atoms with Gasteiger partial charge in [-0.05, 0) is 97.3 Å². The molecule has 0 radical (unpaired) electrons. The van der Waals surface area contributed by atoms with Gasteiger partial charge in [0.15, 0.2) is 23.3 Å². The van der Waals surface area contributed by atoms with Crippen molar-refractivity contribution in [1.82, 2.24) is 0 Å². The molecule has 0 unspecified atom stereocenters. The zero-order chi connectivity index (χ0) is 36.0. The van der Waals surface area contributed by atoms with E-state index < -0.39 is 23.3 Å². The fraction of sp³-hybridized carbons (Fsp3) is 0.617. The molecule has 2 fully saturated rings. The lowest BCUT2D eigenvalue weighted by Gasteiger charge is -2.38. The molecular weight excluding hydrogens is 641 g/mol. The van der Waals surface area contributed by atoms with Gasteiger partial charge in [-0.15, -0.1) is 0 Å². The third-order valence-corrected chi connectivity index (χ3v) is 12.6. The minimum absolute atomic E-state index is 0.0584. The molecule has 0 amide bonds. The molecule has 5 rings (SSSR count). The highest BCUT2D eigenvalue weighted by Crippen LogP contribution is 2.45. The molecule has 0 saturated heterocycles. The number of hydrogen-bond donors (Lipinski definition) is 0. The zero-order valence-corrected chi connectivity index (χ0v) is 31.7. The Balaban J connectivity index is 1.11. The van der Waals surface area contributed by atoms with Crippen molar-refractivity contribution >= 4 is 0 Å². The van der Waals surface area contributed by atoms with Crippen molar-refractivity contribution in [2.24, 2.45) is 17.8 Å². The molecule has 0 atom stereocenters. The van der Waals surface area contributed by atoms with E-state index >= 15 is 17.6 Å². The largest absolute Gasteiger partial charge is 0.203 e. The maximum absolute atomic E-state index is 15.6. The summed E-state index contributed by atoms with van der Waals surface area (Å²) in [7, 11) is 0. The lowest BCUT2D eigenvalue weighted by Crippen LogP contribution is -2.25. The maximum atomic E-state index is 15.6. The topological polar surface area (TPSA) is 0 Å². The summed E-state index contributed by atoms with van der Waals surface area (Å²) in [5.74, 6) is -0.694. The van der Waals surface area contributed by atoms with E-state index in [1.54, 1.807) is 48.5 Å². The first-order valence-corrected chi connectivity index (χ1v) is 21.0. The lowest BCUT2D eigenvalue weighted by molar-refractivity contribution is 0.155. The second-order valence-corrected chi connectivity index (χ2v) is 16.1. The van der Waals surface area contributed by atoms with E-state index in [4.69, 9.17) is 0 Å². The Kier molecular flexibility index (Phi) is 16.0. The van der Waals surface area contributed by atoms with Crippen molar-refractivity contribution in [3.05, 3.63) is 82.9 Å². The van der Waals surface area contributed by atoms with Crippen LogP contribution in [0.5, 0.6) is 0 Å². The van der Waals surface area contributed by atoms with Crippen molar-refractivity contribution in [2.75, 3.05) is 0 Å². The summed E-state index contributed by atoms with van der Waals surface area (Å²) in [6, 6.07) is 13.5. The van der Waals surface area contributed by atoms with Crippen molar-refractivity contribution < 1.29 is 17.6 Å². The minimum atomic E-state index is -0.850. The number of rotatable bonds is 19. The fourth-order valence-corrected chi connectivity index (χ4v) is 9.27. The molecule has 280 valence electrons. The third kappa shape index (κ3) is 11.0. The summed E-state index contributed by atoms with van der Waals surface area (Å²) in [4.78, 5) is 0. The molecule has 4 heteroatoms. The number of halogens is 4. The van der Waals surface area contributed by atoms with E-state index in [0.717, 1.165) is 62.7 Å². The minimum Gasteiger partial charge on any atom is -0.203 e. The molecule has 0 N–H and O–H groups in total. The number of aryl methyl sites for hydroxylation is 1. The monoisotopic (exact) mass is 704 g/mol. The summed E-state index contributed by atoms with van der Waals surface area (Å²) < 4.78 is 61.4.